The largest absolute Gasteiger partial charge is 0.476 e. The zero-order valence-corrected chi connectivity index (χ0v) is 10.5. The molecule has 0 radical (unpaired) electrons. The van der Waals surface area contributed by atoms with E-state index in [1.807, 2.05) is 12.1 Å². The summed E-state index contributed by atoms with van der Waals surface area (Å²) in [5.74, 6) is -0.985. The van der Waals surface area contributed by atoms with Gasteiger partial charge in [-0.3, -0.25) is 0 Å². The van der Waals surface area contributed by atoms with Crippen LogP contribution >= 0.6 is 0 Å². The molecule has 1 aromatic carbocycles. The molecule has 2 heterocycles. The van der Waals surface area contributed by atoms with Crippen molar-refractivity contribution in [1.29, 1.82) is 0 Å². The van der Waals surface area contributed by atoms with E-state index in [1.54, 1.807) is 0 Å². The number of carbonyl (C=O) groups is 1. The van der Waals surface area contributed by atoms with Crippen LogP contribution in [0.3, 0.4) is 0 Å². The van der Waals surface area contributed by atoms with Crippen molar-refractivity contribution in [3.05, 3.63) is 47.5 Å². The molecule has 0 spiro atoms. The van der Waals surface area contributed by atoms with E-state index in [-0.39, 0.29) is 5.69 Å². The first-order valence-electron chi connectivity index (χ1n) is 6.34. The molecule has 98 valence electrons. The second-order valence-corrected chi connectivity index (χ2v) is 4.69. The Balaban J connectivity index is 1.89. The predicted molar refractivity (Wildman–Crippen MR) is 71.4 cm³/mol. The first-order chi connectivity index (χ1) is 9.25. The summed E-state index contributed by atoms with van der Waals surface area (Å²) in [6.07, 6.45) is 3.61. The third-order valence-electron chi connectivity index (χ3n) is 3.48. The normalized spacial score (nSPS) is 14.2. The number of para-hydroxylation sites is 1. The van der Waals surface area contributed by atoms with Crippen LogP contribution in [0.5, 0.6) is 0 Å². The lowest BCUT2D eigenvalue weighted by molar-refractivity contribution is 0.0690. The standard InChI is InChI=1S/C14H15N3O2/c18-14(19)13-11(15-9-16-13)8-17-7-3-5-10-4-1-2-6-12(10)17/h1-2,4,6,9H,3,5,7-8H2,(H,15,16)(H,18,19). The van der Waals surface area contributed by atoms with E-state index in [0.29, 0.717) is 12.2 Å². The number of carboxylic acid groups (broad SMARTS) is 1. The van der Waals surface area contributed by atoms with E-state index in [2.05, 4.69) is 27.0 Å². The van der Waals surface area contributed by atoms with Crippen LogP contribution in [0, 0.1) is 0 Å². The van der Waals surface area contributed by atoms with Crippen molar-refractivity contribution in [2.45, 2.75) is 19.4 Å². The van der Waals surface area contributed by atoms with Gasteiger partial charge in [-0.05, 0) is 24.5 Å². The molecule has 5 heteroatoms. The van der Waals surface area contributed by atoms with Crippen molar-refractivity contribution < 1.29 is 9.90 Å². The molecule has 2 N–H and O–H groups in total. The van der Waals surface area contributed by atoms with Crippen molar-refractivity contribution in [1.82, 2.24) is 9.97 Å². The average Bonchev–Trinajstić information content (AvgIpc) is 2.87. The van der Waals surface area contributed by atoms with Gasteiger partial charge in [-0.1, -0.05) is 18.2 Å². The lowest BCUT2D eigenvalue weighted by atomic mass is 10.0. The maximum absolute atomic E-state index is 11.1. The molecule has 1 aliphatic rings. The Morgan fingerprint density at radius 1 is 1.42 bits per heavy atom. The molecule has 0 unspecified atom stereocenters. The predicted octanol–water partition coefficient (Wildman–Crippen LogP) is 2.06. The Hall–Kier alpha value is -2.30. The van der Waals surface area contributed by atoms with Crippen molar-refractivity contribution in [2.24, 2.45) is 0 Å². The SMILES string of the molecule is O=C(O)c1nc[nH]c1CN1CCCc2ccccc21. The van der Waals surface area contributed by atoms with Crippen molar-refractivity contribution >= 4 is 11.7 Å². The van der Waals surface area contributed by atoms with Crippen molar-refractivity contribution in [3.8, 4) is 0 Å². The number of anilines is 1. The van der Waals surface area contributed by atoms with Crippen LogP contribution in [-0.2, 0) is 13.0 Å². The van der Waals surface area contributed by atoms with Gasteiger partial charge in [0.15, 0.2) is 5.69 Å². The summed E-state index contributed by atoms with van der Waals surface area (Å²) in [6.45, 7) is 1.49. The molecule has 0 amide bonds. The molecule has 0 saturated heterocycles. The van der Waals surface area contributed by atoms with Gasteiger partial charge in [-0.2, -0.15) is 0 Å². The highest BCUT2D eigenvalue weighted by atomic mass is 16.4. The average molecular weight is 257 g/mol. The van der Waals surface area contributed by atoms with E-state index in [0.717, 1.165) is 19.4 Å². The maximum Gasteiger partial charge on any atom is 0.356 e. The van der Waals surface area contributed by atoms with Gasteiger partial charge in [0, 0.05) is 12.2 Å². The third kappa shape index (κ3) is 2.19. The zero-order chi connectivity index (χ0) is 13.2. The number of aromatic nitrogens is 2. The Morgan fingerprint density at radius 3 is 3.11 bits per heavy atom. The Labute approximate surface area is 110 Å². The topological polar surface area (TPSA) is 69.2 Å². The van der Waals surface area contributed by atoms with Crippen LogP contribution in [0.2, 0.25) is 0 Å². The van der Waals surface area contributed by atoms with E-state index in [1.165, 1.54) is 17.6 Å². The molecular weight excluding hydrogens is 242 g/mol. The molecule has 5 nitrogen and oxygen atoms in total. The summed E-state index contributed by atoms with van der Waals surface area (Å²) in [5, 5.41) is 9.08. The summed E-state index contributed by atoms with van der Waals surface area (Å²) in [5.41, 5.74) is 3.29. The van der Waals surface area contributed by atoms with E-state index < -0.39 is 5.97 Å². The number of rotatable bonds is 3. The van der Waals surface area contributed by atoms with E-state index in [4.69, 9.17) is 5.11 Å². The van der Waals surface area contributed by atoms with Gasteiger partial charge in [-0.25, -0.2) is 9.78 Å². The Morgan fingerprint density at radius 2 is 2.26 bits per heavy atom. The molecule has 0 bridgehead atoms. The number of hydrogen-bond donors (Lipinski definition) is 2. The van der Waals surface area contributed by atoms with Crippen LogP contribution in [0.1, 0.15) is 28.2 Å². The molecule has 0 atom stereocenters. The summed E-state index contributed by atoms with van der Waals surface area (Å²) in [6, 6.07) is 8.28. The maximum atomic E-state index is 11.1. The lowest BCUT2D eigenvalue weighted by Gasteiger charge is -2.31. The molecule has 0 fully saturated rings. The number of nitrogens with one attached hydrogen (secondary N) is 1. The number of carboxylic acids is 1. The molecule has 1 aromatic heterocycles. The number of hydrogen-bond acceptors (Lipinski definition) is 3. The van der Waals surface area contributed by atoms with Gasteiger partial charge < -0.3 is 15.0 Å². The summed E-state index contributed by atoms with van der Waals surface area (Å²) >= 11 is 0. The van der Waals surface area contributed by atoms with Gasteiger partial charge >= 0.3 is 5.97 Å². The van der Waals surface area contributed by atoms with Gasteiger partial charge in [-0.15, -0.1) is 0 Å². The molecule has 3 rings (SSSR count). The van der Waals surface area contributed by atoms with Gasteiger partial charge in [0.1, 0.15) is 0 Å². The Kier molecular flexibility index (Phi) is 2.95. The fraction of sp³-hybridized carbons (Fsp3) is 0.286. The van der Waals surface area contributed by atoms with Crippen LogP contribution in [0.4, 0.5) is 5.69 Å². The number of nitrogens with zero attached hydrogens (tertiary/aromatic N) is 2. The number of imidazole rings is 1. The first kappa shape index (κ1) is 11.8. The summed E-state index contributed by atoms with van der Waals surface area (Å²) in [4.78, 5) is 20.1. The highest BCUT2D eigenvalue weighted by Crippen LogP contribution is 2.28. The minimum Gasteiger partial charge on any atom is -0.476 e. The number of fused-ring (bicyclic) bond motifs is 1. The fourth-order valence-corrected chi connectivity index (χ4v) is 2.59. The van der Waals surface area contributed by atoms with Crippen molar-refractivity contribution in [2.75, 3.05) is 11.4 Å². The van der Waals surface area contributed by atoms with Gasteiger partial charge in [0.2, 0.25) is 0 Å². The molecule has 0 aliphatic carbocycles. The van der Waals surface area contributed by atoms with Gasteiger partial charge in [0.25, 0.3) is 0 Å². The second-order valence-electron chi connectivity index (χ2n) is 4.69. The molecular formula is C14H15N3O2. The summed E-state index contributed by atoms with van der Waals surface area (Å²) in [7, 11) is 0. The number of H-pyrrole nitrogens is 1. The number of aromatic amines is 1. The smallest absolute Gasteiger partial charge is 0.356 e. The number of aryl methyl sites for hydroxylation is 1. The molecule has 19 heavy (non-hydrogen) atoms. The lowest BCUT2D eigenvalue weighted by Crippen LogP contribution is -2.29. The number of benzene rings is 1. The molecule has 0 saturated carbocycles. The van der Waals surface area contributed by atoms with Crippen LogP contribution in [-0.4, -0.2) is 27.6 Å². The first-order valence-corrected chi connectivity index (χ1v) is 6.34. The van der Waals surface area contributed by atoms with Crippen LogP contribution < -0.4 is 4.90 Å². The highest BCUT2D eigenvalue weighted by molar-refractivity contribution is 5.86. The second kappa shape index (κ2) is 4.76. The monoisotopic (exact) mass is 257 g/mol. The minimum atomic E-state index is -0.985. The minimum absolute atomic E-state index is 0.114. The van der Waals surface area contributed by atoms with Crippen LogP contribution in [0.25, 0.3) is 0 Å². The summed E-state index contributed by atoms with van der Waals surface area (Å²) < 4.78 is 0. The molecule has 1 aliphatic heterocycles. The van der Waals surface area contributed by atoms with Gasteiger partial charge in [0.05, 0.1) is 18.6 Å². The fourth-order valence-electron chi connectivity index (χ4n) is 2.59. The quantitative estimate of drug-likeness (QED) is 0.883. The highest BCUT2D eigenvalue weighted by Gasteiger charge is 2.20. The van der Waals surface area contributed by atoms with Crippen molar-refractivity contribution in [3.63, 3.8) is 0 Å². The number of aromatic carboxylic acids is 1. The molecule has 2 aromatic rings. The van der Waals surface area contributed by atoms with Crippen LogP contribution in [0.15, 0.2) is 30.6 Å². The van der Waals surface area contributed by atoms with E-state index in [9.17, 15) is 4.79 Å². The zero-order valence-electron chi connectivity index (χ0n) is 10.5. The Bertz CT molecular complexity index is 606. The third-order valence-corrected chi connectivity index (χ3v) is 3.48. The van der Waals surface area contributed by atoms with E-state index >= 15 is 0 Å².